The van der Waals surface area contributed by atoms with Gasteiger partial charge in [-0.1, -0.05) is 6.07 Å². The Balaban J connectivity index is 3.06. The molecule has 92 valence electrons. The van der Waals surface area contributed by atoms with Gasteiger partial charge in [0.1, 0.15) is 6.21 Å². The first-order valence-corrected chi connectivity index (χ1v) is 5.20. The van der Waals surface area contributed by atoms with Gasteiger partial charge < -0.3 is 15.4 Å². The van der Waals surface area contributed by atoms with Gasteiger partial charge in [-0.3, -0.25) is 0 Å². The second-order valence-corrected chi connectivity index (χ2v) is 3.70. The fourth-order valence-electron chi connectivity index (χ4n) is 1.34. The van der Waals surface area contributed by atoms with Crippen molar-refractivity contribution in [2.24, 2.45) is 10.7 Å². The first-order valence-electron chi connectivity index (χ1n) is 5.20. The van der Waals surface area contributed by atoms with E-state index in [1.165, 1.54) is 7.11 Å². The van der Waals surface area contributed by atoms with Crippen molar-refractivity contribution in [1.82, 2.24) is 0 Å². The summed E-state index contributed by atoms with van der Waals surface area (Å²) in [5.74, 6) is -0.474. The summed E-state index contributed by atoms with van der Waals surface area (Å²) in [5, 5.41) is 0. The maximum Gasteiger partial charge on any atom is 0.349 e. The third-order valence-electron chi connectivity index (χ3n) is 2.27. The molecule has 0 heterocycles. The third kappa shape index (κ3) is 3.57. The molecular weight excluding hydrogens is 218 g/mol. The second kappa shape index (κ2) is 6.00. The van der Waals surface area contributed by atoms with E-state index in [2.05, 4.69) is 9.73 Å². The molecule has 1 aromatic rings. The zero-order valence-electron chi connectivity index (χ0n) is 10.3. The molecule has 0 bridgehead atoms. The van der Waals surface area contributed by atoms with Crippen molar-refractivity contribution in [3.8, 4) is 0 Å². The maximum absolute atomic E-state index is 11.0. The number of aliphatic imine (C=N–C) groups is 1. The number of benzene rings is 1. The number of hydrogen-bond donors (Lipinski definition) is 1. The molecule has 0 saturated carbocycles. The Labute approximate surface area is 101 Å². The van der Waals surface area contributed by atoms with Gasteiger partial charge in [0, 0.05) is 20.6 Å². The third-order valence-corrected chi connectivity index (χ3v) is 2.27. The second-order valence-electron chi connectivity index (χ2n) is 3.70. The molecule has 0 atom stereocenters. The fourth-order valence-corrected chi connectivity index (χ4v) is 1.34. The van der Waals surface area contributed by atoms with E-state index in [1.807, 2.05) is 37.2 Å². The van der Waals surface area contributed by atoms with Crippen molar-refractivity contribution >= 4 is 23.6 Å². The number of hydrogen-bond acceptors (Lipinski definition) is 5. The summed E-state index contributed by atoms with van der Waals surface area (Å²) in [6.07, 6.45) is 1.16. The fraction of sp³-hybridized carbons (Fsp3) is 0.333. The number of esters is 1. The van der Waals surface area contributed by atoms with Crippen LogP contribution in [0.4, 0.5) is 11.4 Å². The molecule has 0 radical (unpaired) electrons. The summed E-state index contributed by atoms with van der Waals surface area (Å²) < 4.78 is 4.50. The highest BCUT2D eigenvalue weighted by Gasteiger charge is 2.05. The van der Waals surface area contributed by atoms with Crippen molar-refractivity contribution in [3.63, 3.8) is 0 Å². The lowest BCUT2D eigenvalue weighted by Gasteiger charge is -2.16. The van der Waals surface area contributed by atoms with Gasteiger partial charge in [-0.05, 0) is 17.7 Å². The van der Waals surface area contributed by atoms with E-state index in [4.69, 9.17) is 5.73 Å². The van der Waals surface area contributed by atoms with Crippen LogP contribution < -0.4 is 10.6 Å². The molecular formula is C12H17N3O2. The number of methoxy groups -OCH3 is 1. The molecule has 0 fully saturated rings. The van der Waals surface area contributed by atoms with Crippen molar-refractivity contribution in [1.29, 1.82) is 0 Å². The van der Waals surface area contributed by atoms with Crippen LogP contribution in [0.15, 0.2) is 23.2 Å². The van der Waals surface area contributed by atoms with E-state index in [0.717, 1.165) is 17.5 Å². The highest BCUT2D eigenvalue weighted by atomic mass is 16.5. The highest BCUT2D eigenvalue weighted by molar-refractivity contribution is 6.23. The largest absolute Gasteiger partial charge is 0.465 e. The van der Waals surface area contributed by atoms with E-state index in [9.17, 15) is 4.79 Å². The molecule has 0 aliphatic carbocycles. The van der Waals surface area contributed by atoms with Crippen molar-refractivity contribution in [2.45, 2.75) is 6.54 Å². The summed E-state index contributed by atoms with van der Waals surface area (Å²) in [4.78, 5) is 17.0. The monoisotopic (exact) mass is 235 g/mol. The minimum atomic E-state index is -0.474. The minimum absolute atomic E-state index is 0.474. The van der Waals surface area contributed by atoms with Gasteiger partial charge in [0.2, 0.25) is 0 Å². The first kappa shape index (κ1) is 13.2. The Kier molecular flexibility index (Phi) is 4.66. The predicted octanol–water partition coefficient (Wildman–Crippen LogP) is 1.09. The molecule has 2 N–H and O–H groups in total. The lowest BCUT2D eigenvalue weighted by Crippen LogP contribution is -2.10. The van der Waals surface area contributed by atoms with Crippen LogP contribution in [0.3, 0.4) is 0 Å². The molecule has 1 rings (SSSR count). The highest BCUT2D eigenvalue weighted by Crippen LogP contribution is 2.28. The normalized spacial score (nSPS) is 10.6. The smallest absolute Gasteiger partial charge is 0.349 e. The number of carbonyl (C=O) groups is 1. The topological polar surface area (TPSA) is 67.9 Å². The van der Waals surface area contributed by atoms with Crippen LogP contribution in [-0.4, -0.2) is 33.4 Å². The van der Waals surface area contributed by atoms with Crippen molar-refractivity contribution in [2.75, 3.05) is 26.1 Å². The maximum atomic E-state index is 11.0. The van der Waals surface area contributed by atoms with Crippen LogP contribution in [0.5, 0.6) is 0 Å². The van der Waals surface area contributed by atoms with Crippen molar-refractivity contribution in [3.05, 3.63) is 23.8 Å². The zero-order chi connectivity index (χ0) is 12.8. The standard InChI is InChI=1S/C12H17N3O2/c1-15(2)11-6-9(7-13)4-5-10(11)14-8-12(16)17-3/h4-6,8H,7,13H2,1-3H3. The average Bonchev–Trinajstić information content (AvgIpc) is 2.35. The van der Waals surface area contributed by atoms with Crippen LogP contribution in [0.2, 0.25) is 0 Å². The molecule has 0 saturated heterocycles. The molecule has 1 aromatic carbocycles. The molecule has 5 nitrogen and oxygen atoms in total. The lowest BCUT2D eigenvalue weighted by atomic mass is 10.1. The molecule has 0 aliphatic heterocycles. The number of rotatable bonds is 4. The average molecular weight is 235 g/mol. The van der Waals surface area contributed by atoms with Gasteiger partial charge >= 0.3 is 5.97 Å². The number of anilines is 1. The number of nitrogens with zero attached hydrogens (tertiary/aromatic N) is 2. The molecule has 0 aliphatic rings. The zero-order valence-corrected chi connectivity index (χ0v) is 10.3. The Bertz CT molecular complexity index is 428. The Morgan fingerprint density at radius 1 is 1.53 bits per heavy atom. The molecule has 0 spiro atoms. The number of ether oxygens (including phenoxy) is 1. The van der Waals surface area contributed by atoms with E-state index in [0.29, 0.717) is 12.2 Å². The Hall–Kier alpha value is -1.88. The SMILES string of the molecule is COC(=O)C=Nc1ccc(CN)cc1N(C)C. The van der Waals surface area contributed by atoms with E-state index in [-0.39, 0.29) is 0 Å². The van der Waals surface area contributed by atoms with Crippen LogP contribution >= 0.6 is 0 Å². The summed E-state index contributed by atoms with van der Waals surface area (Å²) in [6, 6.07) is 5.66. The van der Waals surface area contributed by atoms with Gasteiger partial charge in [-0.25, -0.2) is 9.79 Å². The molecule has 5 heteroatoms. The van der Waals surface area contributed by atoms with Crippen LogP contribution in [0.1, 0.15) is 5.56 Å². The molecule has 17 heavy (non-hydrogen) atoms. The van der Waals surface area contributed by atoms with Gasteiger partial charge in [-0.15, -0.1) is 0 Å². The molecule has 0 aromatic heterocycles. The number of carbonyl (C=O) groups excluding carboxylic acids is 1. The Morgan fingerprint density at radius 2 is 2.24 bits per heavy atom. The van der Waals surface area contributed by atoms with Gasteiger partial charge in [0.05, 0.1) is 18.5 Å². The summed E-state index contributed by atoms with van der Waals surface area (Å²) in [6.45, 7) is 0.474. The van der Waals surface area contributed by atoms with E-state index >= 15 is 0 Å². The van der Waals surface area contributed by atoms with Crippen LogP contribution in [0.25, 0.3) is 0 Å². The minimum Gasteiger partial charge on any atom is -0.465 e. The Morgan fingerprint density at radius 3 is 2.76 bits per heavy atom. The van der Waals surface area contributed by atoms with Crippen molar-refractivity contribution < 1.29 is 9.53 Å². The van der Waals surface area contributed by atoms with E-state index < -0.39 is 5.97 Å². The lowest BCUT2D eigenvalue weighted by molar-refractivity contribution is -0.132. The van der Waals surface area contributed by atoms with Gasteiger partial charge in [0.25, 0.3) is 0 Å². The quantitative estimate of drug-likeness (QED) is 0.626. The molecule has 0 amide bonds. The predicted molar refractivity (Wildman–Crippen MR) is 68.8 cm³/mol. The van der Waals surface area contributed by atoms with Gasteiger partial charge in [-0.2, -0.15) is 0 Å². The van der Waals surface area contributed by atoms with Crippen LogP contribution in [-0.2, 0) is 16.1 Å². The van der Waals surface area contributed by atoms with Crippen LogP contribution in [0, 0.1) is 0 Å². The first-order chi connectivity index (χ1) is 8.08. The molecule has 0 unspecified atom stereocenters. The summed E-state index contributed by atoms with van der Waals surface area (Å²) in [7, 11) is 5.14. The summed E-state index contributed by atoms with van der Waals surface area (Å²) >= 11 is 0. The van der Waals surface area contributed by atoms with E-state index in [1.54, 1.807) is 0 Å². The summed E-state index contributed by atoms with van der Waals surface area (Å²) in [5.41, 5.74) is 8.22. The van der Waals surface area contributed by atoms with Gasteiger partial charge in [0.15, 0.2) is 0 Å². The number of nitrogens with two attached hydrogens (primary N) is 1.